The van der Waals surface area contributed by atoms with E-state index in [0.717, 1.165) is 4.90 Å². The number of nitrogens with one attached hydrogen (secondary N) is 1. The number of hydrogen-bond acceptors (Lipinski definition) is 4. The predicted octanol–water partition coefficient (Wildman–Crippen LogP) is 1.58. The van der Waals surface area contributed by atoms with Crippen LogP contribution in [0.4, 0.5) is 5.69 Å². The molecule has 3 rings (SSSR count). The number of carbonyl (C=O) groups excluding carboxylic acids is 3. The van der Waals surface area contributed by atoms with Crippen molar-refractivity contribution in [3.63, 3.8) is 0 Å². The van der Waals surface area contributed by atoms with E-state index in [1.165, 1.54) is 0 Å². The standard InChI is InChI=1S/C17H18N2O4/c1-23-12-8-6-11(7-9-12)18-15(20)10-19-16(21)13-4-2-3-5-14(13)17(19)22/h2-3,6-9,13-14H,4-5,10H2,1H3,(H,18,20)/t13-,14-/m1/s1. The molecule has 1 aromatic carbocycles. The van der Waals surface area contributed by atoms with Gasteiger partial charge in [0, 0.05) is 5.69 Å². The second-order valence-corrected chi connectivity index (χ2v) is 5.70. The zero-order chi connectivity index (χ0) is 16.4. The number of anilines is 1. The zero-order valence-corrected chi connectivity index (χ0v) is 12.8. The molecule has 2 aliphatic rings. The first kappa shape index (κ1) is 15.3. The summed E-state index contributed by atoms with van der Waals surface area (Å²) in [6.45, 7) is -0.239. The van der Waals surface area contributed by atoms with Gasteiger partial charge in [-0.25, -0.2) is 0 Å². The van der Waals surface area contributed by atoms with Crippen molar-refractivity contribution < 1.29 is 19.1 Å². The smallest absolute Gasteiger partial charge is 0.244 e. The minimum absolute atomic E-state index is 0.239. The van der Waals surface area contributed by atoms with Crippen LogP contribution in [-0.4, -0.2) is 36.3 Å². The Morgan fingerprint density at radius 3 is 2.22 bits per heavy atom. The molecule has 1 saturated heterocycles. The maximum absolute atomic E-state index is 12.3. The van der Waals surface area contributed by atoms with E-state index in [1.54, 1.807) is 31.4 Å². The molecule has 0 spiro atoms. The first-order chi connectivity index (χ1) is 11.1. The summed E-state index contributed by atoms with van der Waals surface area (Å²) < 4.78 is 5.05. The summed E-state index contributed by atoms with van der Waals surface area (Å²) in [6.07, 6.45) is 5.00. The number of imide groups is 1. The third-order valence-electron chi connectivity index (χ3n) is 4.27. The van der Waals surface area contributed by atoms with Gasteiger partial charge in [-0.3, -0.25) is 19.3 Å². The molecule has 0 aromatic heterocycles. The van der Waals surface area contributed by atoms with Crippen molar-refractivity contribution in [3.05, 3.63) is 36.4 Å². The molecule has 1 aliphatic carbocycles. The fourth-order valence-corrected chi connectivity index (χ4v) is 3.04. The second kappa shape index (κ2) is 6.24. The Bertz CT molecular complexity index is 640. The number of fused-ring (bicyclic) bond motifs is 1. The summed E-state index contributed by atoms with van der Waals surface area (Å²) in [6, 6.07) is 6.85. The van der Waals surface area contributed by atoms with Crippen molar-refractivity contribution in [2.24, 2.45) is 11.8 Å². The van der Waals surface area contributed by atoms with E-state index in [0.29, 0.717) is 24.3 Å². The topological polar surface area (TPSA) is 75.7 Å². The van der Waals surface area contributed by atoms with Gasteiger partial charge in [0.25, 0.3) is 0 Å². The highest BCUT2D eigenvalue weighted by atomic mass is 16.5. The van der Waals surface area contributed by atoms with E-state index in [4.69, 9.17) is 4.74 Å². The molecule has 0 radical (unpaired) electrons. The number of carbonyl (C=O) groups is 3. The largest absolute Gasteiger partial charge is 0.497 e. The van der Waals surface area contributed by atoms with Crippen LogP contribution in [0.2, 0.25) is 0 Å². The van der Waals surface area contributed by atoms with Crippen LogP contribution in [0.1, 0.15) is 12.8 Å². The molecule has 3 amide bonds. The minimum Gasteiger partial charge on any atom is -0.497 e. The van der Waals surface area contributed by atoms with Gasteiger partial charge in [-0.15, -0.1) is 0 Å². The Balaban J connectivity index is 1.63. The van der Waals surface area contributed by atoms with Crippen molar-refractivity contribution in [2.45, 2.75) is 12.8 Å². The molecule has 1 fully saturated rings. The van der Waals surface area contributed by atoms with Crippen LogP contribution in [0.5, 0.6) is 5.75 Å². The van der Waals surface area contributed by atoms with E-state index in [1.807, 2.05) is 12.2 Å². The number of likely N-dealkylation sites (tertiary alicyclic amines) is 1. The molecule has 1 aliphatic heterocycles. The summed E-state index contributed by atoms with van der Waals surface area (Å²) in [7, 11) is 1.56. The van der Waals surface area contributed by atoms with E-state index < -0.39 is 0 Å². The molecule has 1 heterocycles. The van der Waals surface area contributed by atoms with Crippen molar-refractivity contribution in [2.75, 3.05) is 19.0 Å². The maximum Gasteiger partial charge on any atom is 0.244 e. The lowest BCUT2D eigenvalue weighted by atomic mass is 9.85. The van der Waals surface area contributed by atoms with Gasteiger partial charge in [-0.2, -0.15) is 0 Å². The summed E-state index contributed by atoms with van der Waals surface area (Å²) >= 11 is 0. The van der Waals surface area contributed by atoms with Gasteiger partial charge in [0.2, 0.25) is 17.7 Å². The van der Waals surface area contributed by atoms with Crippen molar-refractivity contribution in [1.29, 1.82) is 0 Å². The first-order valence-electron chi connectivity index (χ1n) is 7.54. The average molecular weight is 314 g/mol. The normalized spacial score (nSPS) is 22.9. The summed E-state index contributed by atoms with van der Waals surface area (Å²) in [5.74, 6) is -0.793. The summed E-state index contributed by atoms with van der Waals surface area (Å²) in [5.41, 5.74) is 0.592. The third kappa shape index (κ3) is 2.97. The molecule has 0 unspecified atom stereocenters. The van der Waals surface area contributed by atoms with E-state index >= 15 is 0 Å². The Morgan fingerprint density at radius 2 is 1.70 bits per heavy atom. The number of methoxy groups -OCH3 is 1. The lowest BCUT2D eigenvalue weighted by Gasteiger charge is -2.14. The maximum atomic E-state index is 12.3. The zero-order valence-electron chi connectivity index (χ0n) is 12.8. The van der Waals surface area contributed by atoms with Crippen LogP contribution < -0.4 is 10.1 Å². The highest BCUT2D eigenvalue weighted by Crippen LogP contribution is 2.34. The van der Waals surface area contributed by atoms with Crippen LogP contribution in [0.25, 0.3) is 0 Å². The second-order valence-electron chi connectivity index (χ2n) is 5.70. The highest BCUT2D eigenvalue weighted by molar-refractivity contribution is 6.08. The molecule has 1 aromatic rings. The number of hydrogen-bond donors (Lipinski definition) is 1. The lowest BCUT2D eigenvalue weighted by molar-refractivity contribution is -0.142. The molecule has 0 saturated carbocycles. The SMILES string of the molecule is COc1ccc(NC(=O)CN2C(=O)[C@@H]3CC=CC[C@H]3C2=O)cc1. The number of amides is 3. The Morgan fingerprint density at radius 1 is 1.13 bits per heavy atom. The van der Waals surface area contributed by atoms with Crippen molar-refractivity contribution >= 4 is 23.4 Å². The fraction of sp³-hybridized carbons (Fsp3) is 0.353. The minimum atomic E-state index is -0.386. The van der Waals surface area contributed by atoms with Crippen molar-refractivity contribution in [1.82, 2.24) is 4.90 Å². The molecule has 2 atom stereocenters. The van der Waals surface area contributed by atoms with Gasteiger partial charge < -0.3 is 10.1 Å². The Labute approximate surface area is 134 Å². The molecule has 120 valence electrons. The highest BCUT2D eigenvalue weighted by Gasteiger charge is 2.47. The fourth-order valence-electron chi connectivity index (χ4n) is 3.04. The number of nitrogens with zero attached hydrogens (tertiary/aromatic N) is 1. The Kier molecular flexibility index (Phi) is 4.14. The monoisotopic (exact) mass is 314 g/mol. The number of ether oxygens (including phenoxy) is 1. The molecule has 6 heteroatoms. The van der Waals surface area contributed by atoms with Crippen LogP contribution in [-0.2, 0) is 14.4 Å². The van der Waals surface area contributed by atoms with Crippen LogP contribution >= 0.6 is 0 Å². The lowest BCUT2D eigenvalue weighted by Crippen LogP contribution is -2.38. The van der Waals surface area contributed by atoms with Crippen LogP contribution in [0.15, 0.2) is 36.4 Å². The number of rotatable bonds is 4. The third-order valence-corrected chi connectivity index (χ3v) is 4.27. The molecule has 1 N–H and O–H groups in total. The van der Waals surface area contributed by atoms with E-state index in [2.05, 4.69) is 5.32 Å². The van der Waals surface area contributed by atoms with E-state index in [9.17, 15) is 14.4 Å². The van der Waals surface area contributed by atoms with Crippen molar-refractivity contribution in [3.8, 4) is 5.75 Å². The number of benzene rings is 1. The summed E-state index contributed by atoms with van der Waals surface area (Å²) in [4.78, 5) is 37.8. The first-order valence-corrected chi connectivity index (χ1v) is 7.54. The molecule has 23 heavy (non-hydrogen) atoms. The molecular weight excluding hydrogens is 296 g/mol. The molecular formula is C17H18N2O4. The van der Waals surface area contributed by atoms with Gasteiger partial charge in [-0.1, -0.05) is 12.2 Å². The van der Waals surface area contributed by atoms with Crippen LogP contribution in [0.3, 0.4) is 0 Å². The summed E-state index contributed by atoms with van der Waals surface area (Å²) in [5, 5.41) is 2.69. The van der Waals surface area contributed by atoms with Gasteiger partial charge in [-0.05, 0) is 37.1 Å². The molecule has 0 bridgehead atoms. The predicted molar refractivity (Wildman–Crippen MR) is 83.7 cm³/mol. The van der Waals surface area contributed by atoms with Gasteiger partial charge in [0.05, 0.1) is 18.9 Å². The van der Waals surface area contributed by atoms with E-state index in [-0.39, 0.29) is 36.1 Å². The molecule has 6 nitrogen and oxygen atoms in total. The average Bonchev–Trinajstić information content (AvgIpc) is 2.81. The Hall–Kier alpha value is -2.63. The van der Waals surface area contributed by atoms with Gasteiger partial charge in [0.1, 0.15) is 12.3 Å². The van der Waals surface area contributed by atoms with Gasteiger partial charge in [0.15, 0.2) is 0 Å². The quantitative estimate of drug-likeness (QED) is 0.676. The van der Waals surface area contributed by atoms with Crippen LogP contribution in [0, 0.1) is 11.8 Å². The van der Waals surface area contributed by atoms with Gasteiger partial charge >= 0.3 is 0 Å². The number of allylic oxidation sites excluding steroid dienone is 2.